The number of anilines is 1. The van der Waals surface area contributed by atoms with Gasteiger partial charge in [0.25, 0.3) is 0 Å². The summed E-state index contributed by atoms with van der Waals surface area (Å²) in [6, 6.07) is 10.3. The summed E-state index contributed by atoms with van der Waals surface area (Å²) in [4.78, 5) is 15.5. The molecule has 0 aliphatic carbocycles. The van der Waals surface area contributed by atoms with Crippen LogP contribution in [0.3, 0.4) is 0 Å². The maximum absolute atomic E-state index is 11.1. The van der Waals surface area contributed by atoms with Crippen molar-refractivity contribution >= 4 is 11.7 Å². The summed E-state index contributed by atoms with van der Waals surface area (Å²) in [5.41, 5.74) is 1.11. The van der Waals surface area contributed by atoms with Crippen LogP contribution >= 0.6 is 0 Å². The topological polar surface area (TPSA) is 43.8 Å². The molecule has 1 heterocycles. The van der Waals surface area contributed by atoms with Gasteiger partial charge in [0.05, 0.1) is 12.5 Å². The van der Waals surface area contributed by atoms with Crippen LogP contribution in [-0.4, -0.2) is 48.2 Å². The standard InChI is InChI=1S/C14H20N2O2/c1-11-13(10-14(17)18)16(9-8-15(11)2)12-6-4-3-5-7-12/h3-7,11,13H,8-10H2,1-2H3,(H,17,18)/t11-,13+/m0/s1. The number of benzene rings is 1. The zero-order chi connectivity index (χ0) is 13.1. The summed E-state index contributed by atoms with van der Waals surface area (Å²) in [7, 11) is 2.06. The van der Waals surface area contributed by atoms with E-state index in [4.69, 9.17) is 5.11 Å². The minimum absolute atomic E-state index is 0.0312. The molecule has 0 spiro atoms. The van der Waals surface area contributed by atoms with Crippen LogP contribution in [-0.2, 0) is 4.79 Å². The van der Waals surface area contributed by atoms with Gasteiger partial charge >= 0.3 is 5.97 Å². The fraction of sp³-hybridized carbons (Fsp3) is 0.500. The summed E-state index contributed by atoms with van der Waals surface area (Å²) >= 11 is 0. The van der Waals surface area contributed by atoms with Crippen molar-refractivity contribution < 1.29 is 9.90 Å². The third-order valence-corrected chi connectivity index (χ3v) is 3.82. The normalized spacial score (nSPS) is 25.1. The van der Waals surface area contributed by atoms with E-state index in [9.17, 15) is 4.79 Å². The number of piperazine rings is 1. The second-order valence-electron chi connectivity index (χ2n) is 4.92. The van der Waals surface area contributed by atoms with Crippen molar-refractivity contribution in [1.82, 2.24) is 4.90 Å². The van der Waals surface area contributed by atoms with Crippen molar-refractivity contribution in [1.29, 1.82) is 0 Å². The van der Waals surface area contributed by atoms with Crippen molar-refractivity contribution in [2.75, 3.05) is 25.0 Å². The molecule has 1 fully saturated rings. The first kappa shape index (κ1) is 12.9. The van der Waals surface area contributed by atoms with Crippen molar-refractivity contribution in [3.8, 4) is 0 Å². The number of rotatable bonds is 3. The summed E-state index contributed by atoms with van der Waals surface area (Å²) in [6.07, 6.45) is 0.181. The van der Waals surface area contributed by atoms with Crippen molar-refractivity contribution in [3.63, 3.8) is 0 Å². The Morgan fingerprint density at radius 2 is 2.00 bits per heavy atom. The smallest absolute Gasteiger partial charge is 0.305 e. The van der Waals surface area contributed by atoms with Crippen molar-refractivity contribution in [3.05, 3.63) is 30.3 Å². The zero-order valence-corrected chi connectivity index (χ0v) is 10.9. The van der Waals surface area contributed by atoms with E-state index >= 15 is 0 Å². The van der Waals surface area contributed by atoms with Gasteiger partial charge in [0.15, 0.2) is 0 Å². The predicted molar refractivity (Wildman–Crippen MR) is 71.9 cm³/mol. The first-order valence-corrected chi connectivity index (χ1v) is 6.33. The number of hydrogen-bond donors (Lipinski definition) is 1. The van der Waals surface area contributed by atoms with Crippen LogP contribution in [0.15, 0.2) is 30.3 Å². The van der Waals surface area contributed by atoms with Crippen molar-refractivity contribution in [2.45, 2.75) is 25.4 Å². The Morgan fingerprint density at radius 1 is 1.33 bits per heavy atom. The molecule has 1 N–H and O–H groups in total. The highest BCUT2D eigenvalue weighted by Gasteiger charge is 2.33. The molecule has 0 radical (unpaired) electrons. The molecule has 0 aromatic heterocycles. The fourth-order valence-corrected chi connectivity index (χ4v) is 2.59. The number of aliphatic carboxylic acids is 1. The molecule has 18 heavy (non-hydrogen) atoms. The summed E-state index contributed by atoms with van der Waals surface area (Å²) in [5, 5.41) is 9.09. The molecular formula is C14H20N2O2. The van der Waals surface area contributed by atoms with E-state index in [-0.39, 0.29) is 18.5 Å². The van der Waals surface area contributed by atoms with Crippen LogP contribution in [0.4, 0.5) is 5.69 Å². The third kappa shape index (κ3) is 2.64. The second-order valence-corrected chi connectivity index (χ2v) is 4.92. The lowest BCUT2D eigenvalue weighted by Crippen LogP contribution is -2.58. The van der Waals surface area contributed by atoms with Gasteiger partial charge in [0, 0.05) is 24.8 Å². The van der Waals surface area contributed by atoms with Gasteiger partial charge in [-0.2, -0.15) is 0 Å². The molecule has 1 aliphatic heterocycles. The first-order chi connectivity index (χ1) is 8.59. The zero-order valence-electron chi connectivity index (χ0n) is 10.9. The Hall–Kier alpha value is -1.55. The lowest BCUT2D eigenvalue weighted by molar-refractivity contribution is -0.137. The minimum atomic E-state index is -0.733. The molecule has 1 aromatic carbocycles. The average molecular weight is 248 g/mol. The summed E-state index contributed by atoms with van der Waals surface area (Å²) in [6.45, 7) is 3.94. The number of carboxylic acids is 1. The Kier molecular flexibility index (Phi) is 3.87. The number of hydrogen-bond acceptors (Lipinski definition) is 3. The average Bonchev–Trinajstić information content (AvgIpc) is 2.36. The highest BCUT2D eigenvalue weighted by Crippen LogP contribution is 2.25. The number of carboxylic acid groups (broad SMARTS) is 1. The first-order valence-electron chi connectivity index (χ1n) is 6.33. The molecule has 2 rings (SSSR count). The van der Waals surface area contributed by atoms with Gasteiger partial charge < -0.3 is 10.0 Å². The van der Waals surface area contributed by atoms with E-state index in [1.165, 1.54) is 0 Å². The van der Waals surface area contributed by atoms with Gasteiger partial charge in [0.1, 0.15) is 0 Å². The number of nitrogens with zero attached hydrogens (tertiary/aromatic N) is 2. The second kappa shape index (κ2) is 5.40. The Morgan fingerprint density at radius 3 is 2.61 bits per heavy atom. The van der Waals surface area contributed by atoms with E-state index in [1.807, 2.05) is 30.3 Å². The van der Waals surface area contributed by atoms with Crippen LogP contribution in [0.2, 0.25) is 0 Å². The van der Waals surface area contributed by atoms with Gasteiger partial charge in [-0.05, 0) is 26.1 Å². The molecule has 2 atom stereocenters. The quantitative estimate of drug-likeness (QED) is 0.883. The molecule has 1 aliphatic rings. The monoisotopic (exact) mass is 248 g/mol. The minimum Gasteiger partial charge on any atom is -0.481 e. The van der Waals surface area contributed by atoms with E-state index in [0.717, 1.165) is 18.8 Å². The lowest BCUT2D eigenvalue weighted by Gasteiger charge is -2.45. The Labute approximate surface area is 108 Å². The van der Waals surface area contributed by atoms with Gasteiger partial charge in [0.2, 0.25) is 0 Å². The molecule has 0 bridgehead atoms. The maximum atomic E-state index is 11.1. The largest absolute Gasteiger partial charge is 0.481 e. The predicted octanol–water partition coefficient (Wildman–Crippen LogP) is 1.67. The van der Waals surface area contributed by atoms with E-state index in [1.54, 1.807) is 0 Å². The van der Waals surface area contributed by atoms with Crippen LogP contribution < -0.4 is 4.90 Å². The Bertz CT molecular complexity index is 408. The highest BCUT2D eigenvalue weighted by molar-refractivity contribution is 5.69. The number of carbonyl (C=O) groups is 1. The number of likely N-dealkylation sites (N-methyl/N-ethyl adjacent to an activating group) is 1. The molecule has 4 nitrogen and oxygen atoms in total. The molecule has 0 amide bonds. The highest BCUT2D eigenvalue weighted by atomic mass is 16.4. The molecule has 0 saturated carbocycles. The molecule has 0 unspecified atom stereocenters. The summed E-state index contributed by atoms with van der Waals surface area (Å²) in [5.74, 6) is -0.733. The van der Waals surface area contributed by atoms with E-state index in [0.29, 0.717) is 0 Å². The van der Waals surface area contributed by atoms with E-state index in [2.05, 4.69) is 23.8 Å². The van der Waals surface area contributed by atoms with Crippen LogP contribution in [0.5, 0.6) is 0 Å². The van der Waals surface area contributed by atoms with Gasteiger partial charge in [-0.3, -0.25) is 9.69 Å². The van der Waals surface area contributed by atoms with Crippen LogP contribution in [0.1, 0.15) is 13.3 Å². The van der Waals surface area contributed by atoms with Crippen LogP contribution in [0.25, 0.3) is 0 Å². The molecular weight excluding hydrogens is 228 g/mol. The summed E-state index contributed by atoms with van der Waals surface area (Å²) < 4.78 is 0. The van der Waals surface area contributed by atoms with Gasteiger partial charge in [-0.25, -0.2) is 0 Å². The number of para-hydroxylation sites is 1. The molecule has 1 saturated heterocycles. The van der Waals surface area contributed by atoms with Crippen LogP contribution in [0, 0.1) is 0 Å². The SMILES string of the molecule is C[C@H]1[C@@H](CC(=O)O)N(c2ccccc2)CCN1C. The molecule has 98 valence electrons. The van der Waals surface area contributed by atoms with Crippen molar-refractivity contribution in [2.24, 2.45) is 0 Å². The fourth-order valence-electron chi connectivity index (χ4n) is 2.59. The Balaban J connectivity index is 2.24. The lowest BCUT2D eigenvalue weighted by atomic mass is 9.99. The third-order valence-electron chi connectivity index (χ3n) is 3.82. The van der Waals surface area contributed by atoms with E-state index < -0.39 is 5.97 Å². The molecule has 4 heteroatoms. The van der Waals surface area contributed by atoms with Gasteiger partial charge in [-0.1, -0.05) is 18.2 Å². The van der Waals surface area contributed by atoms with Gasteiger partial charge in [-0.15, -0.1) is 0 Å². The molecule has 1 aromatic rings. The maximum Gasteiger partial charge on any atom is 0.305 e.